The molecule has 0 spiro atoms. The molecule has 1 aromatic heterocycles. The normalized spacial score (nSPS) is 12.3. The molecule has 1 unspecified atom stereocenters. The van der Waals surface area contributed by atoms with Gasteiger partial charge in [-0.15, -0.1) is 11.3 Å². The zero-order chi connectivity index (χ0) is 9.97. The highest BCUT2D eigenvalue weighted by molar-refractivity contribution is 7.17. The number of thiophene rings is 1. The number of nitrogens with one attached hydrogen (secondary N) is 1. The first-order valence-corrected chi connectivity index (χ1v) is 5.31. The average Bonchev–Trinajstić information content (AvgIpc) is 2.62. The third-order valence-corrected chi connectivity index (χ3v) is 3.01. The lowest BCUT2D eigenvalue weighted by Crippen LogP contribution is -2.11. The molecule has 0 saturated carbocycles. The van der Waals surface area contributed by atoms with Gasteiger partial charge in [0.15, 0.2) is 0 Å². The van der Waals surface area contributed by atoms with Crippen LogP contribution in [0.5, 0.6) is 0 Å². The summed E-state index contributed by atoms with van der Waals surface area (Å²) >= 11 is 1.69. The molecule has 0 saturated heterocycles. The first-order valence-electron chi connectivity index (χ1n) is 4.43. The van der Waals surface area contributed by atoms with Crippen LogP contribution in [-0.2, 0) is 0 Å². The Balaban J connectivity index is 2.39. The fourth-order valence-electron chi connectivity index (χ4n) is 1.36. The van der Waals surface area contributed by atoms with Crippen LogP contribution in [0.2, 0.25) is 0 Å². The number of fused-ring (bicyclic) bond motifs is 1. The Labute approximate surface area is 86.8 Å². The SMILES string of the molecule is CC(C#N)Nc1csc2ccccc12. The first kappa shape index (κ1) is 9.04. The van der Waals surface area contributed by atoms with Crippen LogP contribution in [0.15, 0.2) is 29.6 Å². The number of hydrogen-bond acceptors (Lipinski definition) is 3. The molecule has 0 radical (unpaired) electrons. The molecule has 1 heterocycles. The Morgan fingerprint density at radius 3 is 3.00 bits per heavy atom. The largest absolute Gasteiger partial charge is 0.369 e. The van der Waals surface area contributed by atoms with E-state index in [1.54, 1.807) is 11.3 Å². The van der Waals surface area contributed by atoms with Crippen molar-refractivity contribution in [2.75, 3.05) is 5.32 Å². The summed E-state index contributed by atoms with van der Waals surface area (Å²) in [4.78, 5) is 0. The maximum atomic E-state index is 8.70. The van der Waals surface area contributed by atoms with E-state index >= 15 is 0 Å². The monoisotopic (exact) mass is 202 g/mol. The molecule has 70 valence electrons. The second kappa shape index (κ2) is 3.69. The molecule has 0 aliphatic heterocycles. The van der Waals surface area contributed by atoms with Gasteiger partial charge in [0, 0.05) is 15.5 Å². The highest BCUT2D eigenvalue weighted by Crippen LogP contribution is 2.30. The minimum atomic E-state index is -0.145. The summed E-state index contributed by atoms with van der Waals surface area (Å²) < 4.78 is 1.25. The molecule has 1 aromatic carbocycles. The molecule has 0 aliphatic carbocycles. The molecule has 2 aromatic rings. The quantitative estimate of drug-likeness (QED) is 0.811. The van der Waals surface area contributed by atoms with E-state index in [0.29, 0.717) is 0 Å². The lowest BCUT2D eigenvalue weighted by molar-refractivity contribution is 1.01. The van der Waals surface area contributed by atoms with Crippen LogP contribution in [0.3, 0.4) is 0 Å². The third-order valence-electron chi connectivity index (χ3n) is 2.05. The molecule has 0 fully saturated rings. The predicted molar refractivity (Wildman–Crippen MR) is 60.5 cm³/mol. The molecule has 0 aliphatic rings. The van der Waals surface area contributed by atoms with Crippen LogP contribution in [0, 0.1) is 11.3 Å². The van der Waals surface area contributed by atoms with Crippen LogP contribution in [-0.4, -0.2) is 6.04 Å². The van der Waals surface area contributed by atoms with Crippen LogP contribution in [0.25, 0.3) is 10.1 Å². The van der Waals surface area contributed by atoms with Gasteiger partial charge in [-0.2, -0.15) is 5.26 Å². The van der Waals surface area contributed by atoms with Gasteiger partial charge in [0.25, 0.3) is 0 Å². The van der Waals surface area contributed by atoms with Gasteiger partial charge in [-0.05, 0) is 13.0 Å². The summed E-state index contributed by atoms with van der Waals surface area (Å²) in [6.45, 7) is 1.85. The van der Waals surface area contributed by atoms with Crippen molar-refractivity contribution in [1.82, 2.24) is 0 Å². The lowest BCUT2D eigenvalue weighted by Gasteiger charge is -2.05. The fraction of sp³-hybridized carbons (Fsp3) is 0.182. The first-order chi connectivity index (χ1) is 6.81. The van der Waals surface area contributed by atoms with Crippen molar-refractivity contribution in [2.45, 2.75) is 13.0 Å². The molecular weight excluding hydrogens is 192 g/mol. The third kappa shape index (κ3) is 1.57. The number of nitriles is 1. The van der Waals surface area contributed by atoms with E-state index in [1.807, 2.05) is 19.1 Å². The number of anilines is 1. The van der Waals surface area contributed by atoms with E-state index < -0.39 is 0 Å². The number of benzene rings is 1. The molecule has 14 heavy (non-hydrogen) atoms. The van der Waals surface area contributed by atoms with Gasteiger partial charge >= 0.3 is 0 Å². The van der Waals surface area contributed by atoms with Crippen molar-refractivity contribution in [1.29, 1.82) is 5.26 Å². The van der Waals surface area contributed by atoms with Crippen molar-refractivity contribution < 1.29 is 0 Å². The van der Waals surface area contributed by atoms with Gasteiger partial charge in [0.2, 0.25) is 0 Å². The summed E-state index contributed by atoms with van der Waals surface area (Å²) in [5.41, 5.74) is 1.06. The Morgan fingerprint density at radius 2 is 2.21 bits per heavy atom. The van der Waals surface area contributed by atoms with Gasteiger partial charge < -0.3 is 5.32 Å². The molecular formula is C11H10N2S. The Morgan fingerprint density at radius 1 is 1.43 bits per heavy atom. The summed E-state index contributed by atoms with van der Waals surface area (Å²) in [6, 6.07) is 10.2. The topological polar surface area (TPSA) is 35.8 Å². The Kier molecular flexibility index (Phi) is 2.38. The highest BCUT2D eigenvalue weighted by atomic mass is 32.1. The average molecular weight is 202 g/mol. The van der Waals surface area contributed by atoms with Crippen molar-refractivity contribution in [3.8, 4) is 6.07 Å². The van der Waals surface area contributed by atoms with Crippen LogP contribution in [0.4, 0.5) is 5.69 Å². The van der Waals surface area contributed by atoms with Gasteiger partial charge in [-0.3, -0.25) is 0 Å². The second-order valence-corrected chi connectivity index (χ2v) is 4.05. The van der Waals surface area contributed by atoms with Gasteiger partial charge in [-0.25, -0.2) is 0 Å². The van der Waals surface area contributed by atoms with Crippen LogP contribution < -0.4 is 5.32 Å². The minimum absolute atomic E-state index is 0.145. The van der Waals surface area contributed by atoms with Gasteiger partial charge in [0.1, 0.15) is 6.04 Å². The van der Waals surface area contributed by atoms with E-state index in [0.717, 1.165) is 5.69 Å². The minimum Gasteiger partial charge on any atom is -0.369 e. The predicted octanol–water partition coefficient (Wildman–Crippen LogP) is 3.23. The van der Waals surface area contributed by atoms with Crippen LogP contribution in [0.1, 0.15) is 6.92 Å². The zero-order valence-corrected chi connectivity index (χ0v) is 8.64. The number of nitrogens with zero attached hydrogens (tertiary/aromatic N) is 1. The van der Waals surface area contributed by atoms with Crippen LogP contribution >= 0.6 is 11.3 Å². The van der Waals surface area contributed by atoms with Gasteiger partial charge in [-0.1, -0.05) is 18.2 Å². The van der Waals surface area contributed by atoms with Crippen molar-refractivity contribution >= 4 is 27.1 Å². The summed E-state index contributed by atoms with van der Waals surface area (Å²) in [7, 11) is 0. The molecule has 1 N–H and O–H groups in total. The van der Waals surface area contributed by atoms with Crippen molar-refractivity contribution in [2.24, 2.45) is 0 Å². The van der Waals surface area contributed by atoms with E-state index in [-0.39, 0.29) is 6.04 Å². The number of hydrogen-bond donors (Lipinski definition) is 1. The Hall–Kier alpha value is -1.53. The molecule has 1 atom stereocenters. The standard InChI is InChI=1S/C11H10N2S/c1-8(6-12)13-10-7-14-11-5-3-2-4-9(10)11/h2-5,7-8,13H,1H3. The fourth-order valence-corrected chi connectivity index (χ4v) is 2.26. The Bertz CT molecular complexity index is 481. The molecule has 3 heteroatoms. The lowest BCUT2D eigenvalue weighted by atomic mass is 10.2. The van der Waals surface area contributed by atoms with E-state index in [2.05, 4.69) is 28.9 Å². The van der Waals surface area contributed by atoms with Gasteiger partial charge in [0.05, 0.1) is 11.8 Å². The molecule has 2 nitrogen and oxygen atoms in total. The maximum absolute atomic E-state index is 8.70. The zero-order valence-electron chi connectivity index (χ0n) is 7.82. The number of rotatable bonds is 2. The van der Waals surface area contributed by atoms with Crippen molar-refractivity contribution in [3.63, 3.8) is 0 Å². The maximum Gasteiger partial charge on any atom is 0.111 e. The van der Waals surface area contributed by atoms with E-state index in [9.17, 15) is 0 Å². The summed E-state index contributed by atoms with van der Waals surface area (Å²) in [5, 5.41) is 15.1. The second-order valence-electron chi connectivity index (χ2n) is 3.14. The van der Waals surface area contributed by atoms with E-state index in [1.165, 1.54) is 10.1 Å². The smallest absolute Gasteiger partial charge is 0.111 e. The van der Waals surface area contributed by atoms with E-state index in [4.69, 9.17) is 5.26 Å². The molecule has 0 bridgehead atoms. The summed E-state index contributed by atoms with van der Waals surface area (Å²) in [6.07, 6.45) is 0. The highest BCUT2D eigenvalue weighted by Gasteiger charge is 2.05. The molecule has 0 amide bonds. The molecule has 2 rings (SSSR count). The van der Waals surface area contributed by atoms with Crippen molar-refractivity contribution in [3.05, 3.63) is 29.6 Å². The summed E-state index contributed by atoms with van der Waals surface area (Å²) in [5.74, 6) is 0.